The van der Waals surface area contributed by atoms with E-state index in [0.717, 1.165) is 58.2 Å². The van der Waals surface area contributed by atoms with Crippen LogP contribution < -0.4 is 9.64 Å². The number of hydrogen-bond acceptors (Lipinski definition) is 9. The lowest BCUT2D eigenvalue weighted by Crippen LogP contribution is -2.44. The zero-order valence-corrected chi connectivity index (χ0v) is 28.1. The van der Waals surface area contributed by atoms with Crippen LogP contribution in [0.15, 0.2) is 35.7 Å². The third-order valence-electron chi connectivity index (χ3n) is 9.32. The van der Waals surface area contributed by atoms with Crippen molar-refractivity contribution in [2.24, 2.45) is 11.3 Å². The summed E-state index contributed by atoms with van der Waals surface area (Å²) in [5.74, 6) is 0.918. The largest absolute Gasteiger partial charge is 0.488 e. The van der Waals surface area contributed by atoms with E-state index in [2.05, 4.69) is 48.4 Å². The zero-order valence-electron chi connectivity index (χ0n) is 27.3. The summed E-state index contributed by atoms with van der Waals surface area (Å²) in [6, 6.07) is 10.4. The SMILES string of the molecule is COC[C@H]1N(c2nc(-c3cccc(C)c3OCc3cc(C)c4c(c3)CCN(C(=O)OC(C)(C)C)C4)cs2)C[C@@H]2C[C@@]21C(=O)OC. The van der Waals surface area contributed by atoms with Gasteiger partial charge in [-0.3, -0.25) is 4.79 Å². The number of carbonyl (C=O) groups excluding carboxylic acids is 2. The van der Waals surface area contributed by atoms with Gasteiger partial charge >= 0.3 is 12.1 Å². The lowest BCUT2D eigenvalue weighted by molar-refractivity contribution is -0.148. The number of amides is 1. The number of rotatable bonds is 8. The number of benzene rings is 2. The van der Waals surface area contributed by atoms with E-state index in [9.17, 15) is 9.59 Å². The molecule has 3 aromatic rings. The number of piperidine rings is 1. The molecule has 10 heteroatoms. The van der Waals surface area contributed by atoms with Crippen molar-refractivity contribution >= 4 is 28.5 Å². The van der Waals surface area contributed by atoms with Gasteiger partial charge in [0.2, 0.25) is 0 Å². The van der Waals surface area contributed by atoms with Crippen molar-refractivity contribution in [2.75, 3.05) is 38.8 Å². The van der Waals surface area contributed by atoms with Gasteiger partial charge in [0, 0.05) is 37.7 Å². The Morgan fingerprint density at radius 2 is 1.93 bits per heavy atom. The number of hydrogen-bond donors (Lipinski definition) is 0. The van der Waals surface area contributed by atoms with Gasteiger partial charge in [-0.1, -0.05) is 24.3 Å². The highest BCUT2D eigenvalue weighted by atomic mass is 32.1. The molecule has 3 atom stereocenters. The predicted octanol–water partition coefficient (Wildman–Crippen LogP) is 6.31. The van der Waals surface area contributed by atoms with Crippen LogP contribution in [0.4, 0.5) is 9.93 Å². The van der Waals surface area contributed by atoms with Crippen molar-refractivity contribution in [2.45, 2.75) is 72.3 Å². The normalized spacial score (nSPS) is 22.1. The van der Waals surface area contributed by atoms with Crippen LogP contribution in [0.5, 0.6) is 5.75 Å². The maximum Gasteiger partial charge on any atom is 0.410 e. The fourth-order valence-electron chi connectivity index (χ4n) is 7.04. The summed E-state index contributed by atoms with van der Waals surface area (Å²) in [5.41, 5.74) is 6.48. The Morgan fingerprint density at radius 3 is 2.67 bits per heavy atom. The quantitative estimate of drug-likeness (QED) is 0.267. The molecule has 3 heterocycles. The van der Waals surface area contributed by atoms with Crippen LogP contribution in [-0.4, -0.2) is 67.5 Å². The highest BCUT2D eigenvalue weighted by Gasteiger charge is 2.71. The number of aryl methyl sites for hydroxylation is 2. The molecule has 1 saturated heterocycles. The molecule has 240 valence electrons. The molecule has 2 aromatic carbocycles. The third kappa shape index (κ3) is 5.90. The number of anilines is 1. The minimum absolute atomic E-state index is 0.101. The Balaban J connectivity index is 1.19. The Bertz CT molecular complexity index is 1610. The summed E-state index contributed by atoms with van der Waals surface area (Å²) in [5, 5.41) is 2.94. The molecule has 0 unspecified atom stereocenters. The van der Waals surface area contributed by atoms with Crippen molar-refractivity contribution in [1.29, 1.82) is 0 Å². The molecule has 1 aromatic heterocycles. The molecule has 1 amide bonds. The van der Waals surface area contributed by atoms with Crippen LogP contribution in [0.1, 0.15) is 55.0 Å². The Kier molecular flexibility index (Phi) is 8.33. The van der Waals surface area contributed by atoms with E-state index in [1.165, 1.54) is 18.2 Å². The molecule has 0 spiro atoms. The van der Waals surface area contributed by atoms with E-state index >= 15 is 0 Å². The first-order valence-electron chi connectivity index (χ1n) is 15.6. The molecule has 6 rings (SSSR count). The number of thiazole rings is 1. The molecule has 2 fully saturated rings. The summed E-state index contributed by atoms with van der Waals surface area (Å²) >= 11 is 1.58. The summed E-state index contributed by atoms with van der Waals surface area (Å²) in [6.45, 7) is 12.6. The maximum atomic E-state index is 12.8. The summed E-state index contributed by atoms with van der Waals surface area (Å²) in [4.78, 5) is 34.5. The van der Waals surface area contributed by atoms with Crippen LogP contribution in [0, 0.1) is 25.2 Å². The average molecular weight is 634 g/mol. The van der Waals surface area contributed by atoms with Crippen LogP contribution in [0.25, 0.3) is 11.3 Å². The fourth-order valence-corrected chi connectivity index (χ4v) is 7.93. The molecular formula is C35H43N3O6S. The lowest BCUT2D eigenvalue weighted by Gasteiger charge is -2.32. The van der Waals surface area contributed by atoms with Crippen molar-refractivity contribution in [3.05, 3.63) is 63.5 Å². The number of ether oxygens (including phenoxy) is 4. The van der Waals surface area contributed by atoms with Gasteiger partial charge in [-0.05, 0) is 87.3 Å². The van der Waals surface area contributed by atoms with Gasteiger partial charge in [-0.25, -0.2) is 9.78 Å². The molecule has 1 saturated carbocycles. The fraction of sp³-hybridized carbons (Fsp3) is 0.514. The number of carbonyl (C=O) groups is 2. The predicted molar refractivity (Wildman–Crippen MR) is 174 cm³/mol. The van der Waals surface area contributed by atoms with Crippen molar-refractivity contribution < 1.29 is 28.5 Å². The molecule has 3 aliphatic rings. The number of esters is 1. The van der Waals surface area contributed by atoms with Crippen molar-refractivity contribution in [3.8, 4) is 17.0 Å². The number of para-hydroxylation sites is 1. The van der Waals surface area contributed by atoms with Gasteiger partial charge < -0.3 is 28.7 Å². The maximum absolute atomic E-state index is 12.8. The van der Waals surface area contributed by atoms with Crippen LogP contribution in [0.3, 0.4) is 0 Å². The van der Waals surface area contributed by atoms with Gasteiger partial charge in [-0.2, -0.15) is 0 Å². The van der Waals surface area contributed by atoms with Crippen molar-refractivity contribution in [1.82, 2.24) is 9.88 Å². The van der Waals surface area contributed by atoms with E-state index in [-0.39, 0.29) is 24.0 Å². The second kappa shape index (κ2) is 11.9. The molecule has 9 nitrogen and oxygen atoms in total. The second-order valence-electron chi connectivity index (χ2n) is 13.5. The smallest absolute Gasteiger partial charge is 0.410 e. The number of methoxy groups -OCH3 is 2. The Hall–Kier alpha value is -3.63. The summed E-state index contributed by atoms with van der Waals surface area (Å²) < 4.78 is 22.9. The van der Waals surface area contributed by atoms with Gasteiger partial charge in [-0.15, -0.1) is 11.3 Å². The van der Waals surface area contributed by atoms with E-state index in [4.69, 9.17) is 23.9 Å². The first-order chi connectivity index (χ1) is 21.4. The number of nitrogens with zero attached hydrogens (tertiary/aromatic N) is 3. The monoisotopic (exact) mass is 633 g/mol. The Morgan fingerprint density at radius 1 is 1.13 bits per heavy atom. The average Bonchev–Trinajstić information content (AvgIpc) is 3.34. The van der Waals surface area contributed by atoms with E-state index in [1.807, 2.05) is 26.8 Å². The minimum Gasteiger partial charge on any atom is -0.488 e. The molecular weight excluding hydrogens is 590 g/mol. The Labute approximate surface area is 269 Å². The van der Waals surface area contributed by atoms with E-state index in [0.29, 0.717) is 26.3 Å². The van der Waals surface area contributed by atoms with Crippen molar-refractivity contribution in [3.63, 3.8) is 0 Å². The third-order valence-corrected chi connectivity index (χ3v) is 10.2. The van der Waals surface area contributed by atoms with E-state index in [1.54, 1.807) is 23.3 Å². The van der Waals surface area contributed by atoms with Crippen LogP contribution >= 0.6 is 11.3 Å². The number of aromatic nitrogens is 1. The highest BCUT2D eigenvalue weighted by Crippen LogP contribution is 2.63. The summed E-state index contributed by atoms with van der Waals surface area (Å²) in [7, 11) is 3.14. The molecule has 1 aliphatic carbocycles. The van der Waals surface area contributed by atoms with Gasteiger partial charge in [0.25, 0.3) is 0 Å². The van der Waals surface area contributed by atoms with E-state index < -0.39 is 11.0 Å². The molecule has 0 radical (unpaired) electrons. The lowest BCUT2D eigenvalue weighted by atomic mass is 9.93. The molecule has 2 aliphatic heterocycles. The zero-order chi connectivity index (χ0) is 32.1. The molecule has 0 N–H and O–H groups in total. The van der Waals surface area contributed by atoms with Gasteiger partial charge in [0.05, 0.1) is 30.9 Å². The van der Waals surface area contributed by atoms with Crippen LogP contribution in [0.2, 0.25) is 0 Å². The first-order valence-corrected chi connectivity index (χ1v) is 16.4. The van der Waals surface area contributed by atoms with Gasteiger partial charge in [0.1, 0.15) is 18.0 Å². The highest BCUT2D eigenvalue weighted by molar-refractivity contribution is 7.14. The summed E-state index contributed by atoms with van der Waals surface area (Å²) in [6.07, 6.45) is 1.35. The standard InChI is InChI=1S/C35H43N3O6S/c1-21-9-8-10-26(28-20-45-32(36-28)38-16-25-15-35(25,31(39)42-7)29(38)19-41-6)30(21)43-18-23-13-22(2)27-17-37(12-11-24(27)14-23)33(40)44-34(3,4)5/h8-10,13-14,20,25,29H,11-12,15-19H2,1-7H3/t25-,29+,35+/m0/s1. The first kappa shape index (κ1) is 31.4. The minimum atomic E-state index is -0.517. The second-order valence-corrected chi connectivity index (χ2v) is 14.4. The van der Waals surface area contributed by atoms with Crippen LogP contribution in [-0.2, 0) is 38.6 Å². The molecule has 0 bridgehead atoms. The topological polar surface area (TPSA) is 90.4 Å². The molecule has 45 heavy (non-hydrogen) atoms. The van der Waals surface area contributed by atoms with Gasteiger partial charge in [0.15, 0.2) is 5.13 Å². The number of fused-ring (bicyclic) bond motifs is 2.